The van der Waals surface area contributed by atoms with Crippen LogP contribution >= 0.6 is 27.5 Å². The van der Waals surface area contributed by atoms with Crippen LogP contribution in [0, 0.1) is 13.8 Å². The number of carbonyl (C=O) groups excluding carboxylic acids is 1. The average molecular weight is 431 g/mol. The molecule has 3 rings (SSSR count). The fraction of sp³-hybridized carbons (Fsp3) is 0.100. The van der Waals surface area contributed by atoms with Crippen molar-refractivity contribution < 1.29 is 4.79 Å². The number of benzene rings is 2. The van der Waals surface area contributed by atoms with Crippen molar-refractivity contribution in [1.82, 2.24) is 9.99 Å². The fourth-order valence-electron chi connectivity index (χ4n) is 2.76. The van der Waals surface area contributed by atoms with E-state index in [4.69, 9.17) is 11.6 Å². The Hall–Kier alpha value is -2.37. The van der Waals surface area contributed by atoms with E-state index >= 15 is 0 Å². The monoisotopic (exact) mass is 429 g/mol. The fourth-order valence-corrected chi connectivity index (χ4v) is 3.22. The second-order valence-corrected chi connectivity index (χ2v) is 7.20. The molecule has 6 heteroatoms. The van der Waals surface area contributed by atoms with Gasteiger partial charge in [0.25, 0.3) is 5.91 Å². The highest BCUT2D eigenvalue weighted by molar-refractivity contribution is 9.10. The maximum Gasteiger partial charge on any atom is 0.271 e. The summed E-state index contributed by atoms with van der Waals surface area (Å²) >= 11 is 9.36. The van der Waals surface area contributed by atoms with E-state index in [1.165, 1.54) is 0 Å². The van der Waals surface area contributed by atoms with Gasteiger partial charge >= 0.3 is 0 Å². The van der Waals surface area contributed by atoms with Crippen molar-refractivity contribution in [3.63, 3.8) is 0 Å². The minimum atomic E-state index is -0.300. The molecule has 0 spiro atoms. The molecule has 1 aromatic heterocycles. The summed E-state index contributed by atoms with van der Waals surface area (Å²) in [4.78, 5) is 12.1. The number of nitrogens with zero attached hydrogens (tertiary/aromatic N) is 2. The maximum absolute atomic E-state index is 12.1. The lowest BCUT2D eigenvalue weighted by molar-refractivity contribution is 0.0955. The van der Waals surface area contributed by atoms with Crippen LogP contribution in [-0.2, 0) is 0 Å². The molecule has 0 fully saturated rings. The van der Waals surface area contributed by atoms with Crippen LogP contribution in [0.2, 0.25) is 5.02 Å². The van der Waals surface area contributed by atoms with E-state index in [0.717, 1.165) is 27.1 Å². The van der Waals surface area contributed by atoms with Gasteiger partial charge < -0.3 is 4.57 Å². The minimum Gasteiger partial charge on any atom is -0.318 e. The van der Waals surface area contributed by atoms with Crippen molar-refractivity contribution in [3.05, 3.63) is 86.6 Å². The first-order valence-electron chi connectivity index (χ1n) is 7.99. The molecule has 1 amide bonds. The zero-order valence-electron chi connectivity index (χ0n) is 14.3. The Morgan fingerprint density at radius 3 is 2.58 bits per heavy atom. The number of carbonyl (C=O) groups is 1. The quantitative estimate of drug-likeness (QED) is 0.444. The normalized spacial score (nSPS) is 11.1. The Morgan fingerprint density at radius 1 is 1.15 bits per heavy atom. The predicted octanol–water partition coefficient (Wildman–Crippen LogP) is 5.27. The molecule has 0 saturated carbocycles. The van der Waals surface area contributed by atoms with E-state index < -0.39 is 0 Å². The van der Waals surface area contributed by atoms with Gasteiger partial charge in [-0.1, -0.05) is 33.6 Å². The van der Waals surface area contributed by atoms with Crippen molar-refractivity contribution in [1.29, 1.82) is 0 Å². The summed E-state index contributed by atoms with van der Waals surface area (Å²) < 4.78 is 3.18. The first-order valence-corrected chi connectivity index (χ1v) is 9.16. The van der Waals surface area contributed by atoms with Gasteiger partial charge in [0, 0.05) is 37.7 Å². The van der Waals surface area contributed by atoms with Gasteiger partial charge in [0.15, 0.2) is 0 Å². The van der Waals surface area contributed by atoms with Gasteiger partial charge in [-0.05, 0) is 62.4 Å². The molecule has 1 heterocycles. The molecule has 0 aliphatic carbocycles. The number of hydrazone groups is 1. The zero-order valence-corrected chi connectivity index (χ0v) is 16.7. The molecular formula is C20H17BrClN3O. The molecule has 3 aromatic rings. The molecule has 4 nitrogen and oxygen atoms in total. The van der Waals surface area contributed by atoms with Crippen molar-refractivity contribution in [3.8, 4) is 5.69 Å². The number of amides is 1. The average Bonchev–Trinajstić information content (AvgIpc) is 2.89. The third-order valence-corrected chi connectivity index (χ3v) is 4.78. The summed E-state index contributed by atoms with van der Waals surface area (Å²) in [6.07, 6.45) is 1.65. The van der Waals surface area contributed by atoms with Crippen molar-refractivity contribution in [2.75, 3.05) is 0 Å². The molecule has 0 unspecified atom stereocenters. The first-order chi connectivity index (χ1) is 12.5. The first kappa shape index (κ1) is 18.4. The number of aryl methyl sites for hydroxylation is 1. The van der Waals surface area contributed by atoms with Crippen LogP contribution in [0.1, 0.15) is 27.3 Å². The molecule has 26 heavy (non-hydrogen) atoms. The lowest BCUT2D eigenvalue weighted by atomic mass is 10.2. The van der Waals surface area contributed by atoms with Gasteiger partial charge in [0.05, 0.1) is 6.21 Å². The number of halogens is 2. The smallest absolute Gasteiger partial charge is 0.271 e. The van der Waals surface area contributed by atoms with E-state index in [1.807, 2.05) is 44.2 Å². The predicted molar refractivity (Wildman–Crippen MR) is 109 cm³/mol. The molecule has 0 aliphatic rings. The summed E-state index contributed by atoms with van der Waals surface area (Å²) in [7, 11) is 0. The lowest BCUT2D eigenvalue weighted by Crippen LogP contribution is -2.17. The number of aromatic nitrogens is 1. The molecule has 0 radical (unpaired) electrons. The van der Waals surface area contributed by atoms with Crippen LogP contribution in [0.4, 0.5) is 0 Å². The number of hydrogen-bond donors (Lipinski definition) is 1. The Morgan fingerprint density at radius 2 is 1.88 bits per heavy atom. The standard InChI is InChI=1S/C20H17BrClN3O/c1-13-10-16(14(2)25(13)19-8-6-17(21)7-9-19)12-23-24-20(26)15-4-3-5-18(22)11-15/h3-12H,1-2H3,(H,24,26)/b23-12-. The second-order valence-electron chi connectivity index (χ2n) is 5.85. The van der Waals surface area contributed by atoms with Crippen LogP contribution < -0.4 is 5.43 Å². The summed E-state index contributed by atoms with van der Waals surface area (Å²) in [6, 6.07) is 16.9. The van der Waals surface area contributed by atoms with E-state index in [0.29, 0.717) is 10.6 Å². The summed E-state index contributed by atoms with van der Waals surface area (Å²) in [5.74, 6) is -0.300. The largest absolute Gasteiger partial charge is 0.318 e. The van der Waals surface area contributed by atoms with Gasteiger partial charge in [-0.25, -0.2) is 5.43 Å². The highest BCUT2D eigenvalue weighted by Gasteiger charge is 2.10. The highest BCUT2D eigenvalue weighted by atomic mass is 79.9. The Labute approximate surface area is 165 Å². The van der Waals surface area contributed by atoms with Crippen LogP contribution in [0.5, 0.6) is 0 Å². The topological polar surface area (TPSA) is 46.4 Å². The molecule has 1 N–H and O–H groups in total. The van der Waals surface area contributed by atoms with Crippen molar-refractivity contribution in [2.45, 2.75) is 13.8 Å². The molecule has 0 aliphatic heterocycles. The number of hydrogen-bond acceptors (Lipinski definition) is 2. The third kappa shape index (κ3) is 4.06. The Bertz CT molecular complexity index is 977. The van der Waals surface area contributed by atoms with Gasteiger partial charge in [-0.3, -0.25) is 4.79 Å². The summed E-state index contributed by atoms with van der Waals surface area (Å²) in [5, 5.41) is 4.60. The van der Waals surface area contributed by atoms with Gasteiger partial charge in [0.1, 0.15) is 0 Å². The third-order valence-electron chi connectivity index (χ3n) is 4.01. The van der Waals surface area contributed by atoms with Crippen LogP contribution in [0.3, 0.4) is 0 Å². The van der Waals surface area contributed by atoms with E-state index in [9.17, 15) is 4.79 Å². The minimum absolute atomic E-state index is 0.300. The zero-order chi connectivity index (χ0) is 18.7. The Kier molecular flexibility index (Phi) is 5.59. The van der Waals surface area contributed by atoms with E-state index in [-0.39, 0.29) is 5.91 Å². The SMILES string of the molecule is Cc1cc(/C=N\NC(=O)c2cccc(Cl)c2)c(C)n1-c1ccc(Br)cc1. The second kappa shape index (κ2) is 7.89. The van der Waals surface area contributed by atoms with Gasteiger partial charge in [-0.2, -0.15) is 5.10 Å². The van der Waals surface area contributed by atoms with Crippen LogP contribution in [-0.4, -0.2) is 16.7 Å². The van der Waals surface area contributed by atoms with Gasteiger partial charge in [0.2, 0.25) is 0 Å². The Balaban J connectivity index is 1.78. The molecule has 132 valence electrons. The van der Waals surface area contributed by atoms with E-state index in [2.05, 4.69) is 31.0 Å². The van der Waals surface area contributed by atoms with Gasteiger partial charge in [-0.15, -0.1) is 0 Å². The summed E-state index contributed by atoms with van der Waals surface area (Å²) in [6.45, 7) is 4.06. The lowest BCUT2D eigenvalue weighted by Gasteiger charge is -2.09. The van der Waals surface area contributed by atoms with E-state index in [1.54, 1.807) is 30.5 Å². The molecule has 0 saturated heterocycles. The summed E-state index contributed by atoms with van der Waals surface area (Å²) in [5.41, 5.74) is 7.16. The highest BCUT2D eigenvalue weighted by Crippen LogP contribution is 2.21. The van der Waals surface area contributed by atoms with Crippen molar-refractivity contribution >= 4 is 39.7 Å². The molecule has 0 atom stereocenters. The van der Waals surface area contributed by atoms with Crippen LogP contribution in [0.15, 0.2) is 64.2 Å². The molecular weight excluding hydrogens is 414 g/mol. The molecule has 2 aromatic carbocycles. The van der Waals surface area contributed by atoms with Crippen LogP contribution in [0.25, 0.3) is 5.69 Å². The number of rotatable bonds is 4. The number of nitrogens with one attached hydrogen (secondary N) is 1. The van der Waals surface area contributed by atoms with Crippen molar-refractivity contribution in [2.24, 2.45) is 5.10 Å². The molecule has 0 bridgehead atoms. The maximum atomic E-state index is 12.1.